The minimum Gasteiger partial charge on any atom is -0.455 e. The lowest BCUT2D eigenvalue weighted by Crippen LogP contribution is -1.92. The van der Waals surface area contributed by atoms with E-state index in [1.165, 1.54) is 0 Å². The molecule has 0 aromatic carbocycles. The highest BCUT2D eigenvalue weighted by Crippen LogP contribution is 2.23. The number of nitrogens with two attached hydrogens (primary N) is 1. The van der Waals surface area contributed by atoms with Crippen LogP contribution in [0.15, 0.2) is 45.6 Å². The third-order valence-corrected chi connectivity index (χ3v) is 2.44. The molecule has 0 saturated heterocycles. The van der Waals surface area contributed by atoms with Gasteiger partial charge in [0.1, 0.15) is 5.76 Å². The summed E-state index contributed by atoms with van der Waals surface area (Å²) >= 11 is 0. The Balaban J connectivity index is 1.94. The monoisotopic (exact) mass is 242 g/mol. The molecular weight excluding hydrogens is 232 g/mol. The SMILES string of the molecule is NCc1ccc(-c2nc(-c3ccncc3)no2)o1. The average molecular weight is 242 g/mol. The third kappa shape index (κ3) is 1.89. The molecule has 0 unspecified atom stereocenters. The standard InChI is InChI=1S/C12H10N4O2/c13-7-9-1-2-10(17-9)12-15-11(16-18-12)8-3-5-14-6-4-8/h1-6H,7,13H2. The number of hydrogen-bond acceptors (Lipinski definition) is 6. The quantitative estimate of drug-likeness (QED) is 0.753. The predicted molar refractivity (Wildman–Crippen MR) is 63.1 cm³/mol. The zero-order valence-electron chi connectivity index (χ0n) is 9.41. The van der Waals surface area contributed by atoms with Gasteiger partial charge in [0.25, 0.3) is 5.89 Å². The Morgan fingerprint density at radius 3 is 2.67 bits per heavy atom. The van der Waals surface area contributed by atoms with E-state index in [0.29, 0.717) is 29.8 Å². The maximum Gasteiger partial charge on any atom is 0.293 e. The van der Waals surface area contributed by atoms with E-state index >= 15 is 0 Å². The smallest absolute Gasteiger partial charge is 0.293 e. The molecule has 0 aliphatic rings. The lowest BCUT2D eigenvalue weighted by Gasteiger charge is -1.90. The zero-order chi connectivity index (χ0) is 12.4. The van der Waals surface area contributed by atoms with Crippen molar-refractivity contribution in [2.24, 2.45) is 5.73 Å². The molecule has 0 radical (unpaired) electrons. The molecule has 0 aliphatic heterocycles. The Morgan fingerprint density at radius 1 is 1.11 bits per heavy atom. The van der Waals surface area contributed by atoms with E-state index < -0.39 is 0 Å². The van der Waals surface area contributed by atoms with Crippen LogP contribution in [0.3, 0.4) is 0 Å². The van der Waals surface area contributed by atoms with Crippen LogP contribution < -0.4 is 5.73 Å². The Hall–Kier alpha value is -2.47. The fraction of sp³-hybridized carbons (Fsp3) is 0.0833. The summed E-state index contributed by atoms with van der Waals surface area (Å²) in [6.45, 7) is 0.339. The Morgan fingerprint density at radius 2 is 1.94 bits per heavy atom. The average Bonchev–Trinajstić information content (AvgIpc) is 3.08. The van der Waals surface area contributed by atoms with E-state index in [9.17, 15) is 0 Å². The van der Waals surface area contributed by atoms with Crippen LogP contribution in [0, 0.1) is 0 Å². The topological polar surface area (TPSA) is 91.0 Å². The highest BCUT2D eigenvalue weighted by Gasteiger charge is 2.13. The number of hydrogen-bond donors (Lipinski definition) is 1. The van der Waals surface area contributed by atoms with E-state index in [1.807, 2.05) is 12.1 Å². The Labute approximate surface area is 102 Å². The van der Waals surface area contributed by atoms with Gasteiger partial charge >= 0.3 is 0 Å². The summed E-state index contributed by atoms with van der Waals surface area (Å²) in [4.78, 5) is 8.19. The highest BCUT2D eigenvalue weighted by atomic mass is 16.5. The zero-order valence-corrected chi connectivity index (χ0v) is 9.41. The van der Waals surface area contributed by atoms with Crippen LogP contribution in [0.1, 0.15) is 5.76 Å². The van der Waals surface area contributed by atoms with Crippen molar-refractivity contribution in [1.82, 2.24) is 15.1 Å². The lowest BCUT2D eigenvalue weighted by atomic mass is 10.2. The number of aromatic nitrogens is 3. The summed E-state index contributed by atoms with van der Waals surface area (Å²) in [6, 6.07) is 7.15. The molecule has 3 rings (SSSR count). The molecule has 3 aromatic rings. The molecule has 0 aliphatic carbocycles. The Kier molecular flexibility index (Phi) is 2.62. The van der Waals surface area contributed by atoms with Gasteiger partial charge < -0.3 is 14.7 Å². The summed E-state index contributed by atoms with van der Waals surface area (Å²) in [5, 5.41) is 3.89. The molecule has 6 heteroatoms. The molecule has 6 nitrogen and oxygen atoms in total. The van der Waals surface area contributed by atoms with Crippen LogP contribution in [0.5, 0.6) is 0 Å². The second-order valence-corrected chi connectivity index (χ2v) is 3.63. The molecule has 0 spiro atoms. The molecule has 0 atom stereocenters. The van der Waals surface area contributed by atoms with Crippen molar-refractivity contribution in [1.29, 1.82) is 0 Å². The van der Waals surface area contributed by atoms with Gasteiger partial charge in [-0.15, -0.1) is 0 Å². The van der Waals surface area contributed by atoms with Crippen LogP contribution in [0.2, 0.25) is 0 Å². The Bertz CT molecular complexity index is 645. The van der Waals surface area contributed by atoms with E-state index in [0.717, 1.165) is 5.56 Å². The number of pyridine rings is 1. The third-order valence-electron chi connectivity index (χ3n) is 2.44. The molecule has 90 valence electrons. The number of rotatable bonds is 3. The predicted octanol–water partition coefficient (Wildman–Crippen LogP) is 1.85. The summed E-state index contributed by atoms with van der Waals surface area (Å²) in [6.07, 6.45) is 3.34. The summed E-state index contributed by atoms with van der Waals surface area (Å²) in [7, 11) is 0. The maximum absolute atomic E-state index is 5.47. The molecule has 3 aromatic heterocycles. The summed E-state index contributed by atoms with van der Waals surface area (Å²) in [5.41, 5.74) is 6.31. The summed E-state index contributed by atoms with van der Waals surface area (Å²) < 4.78 is 10.6. The first kappa shape index (κ1) is 10.7. The van der Waals surface area contributed by atoms with Crippen LogP contribution >= 0.6 is 0 Å². The van der Waals surface area contributed by atoms with E-state index in [2.05, 4.69) is 15.1 Å². The molecule has 0 bridgehead atoms. The second kappa shape index (κ2) is 4.42. The first-order valence-corrected chi connectivity index (χ1v) is 5.40. The van der Waals surface area contributed by atoms with Crippen LogP contribution in [0.25, 0.3) is 23.0 Å². The minimum absolute atomic E-state index is 0.335. The van der Waals surface area contributed by atoms with Gasteiger partial charge in [-0.3, -0.25) is 4.98 Å². The van der Waals surface area contributed by atoms with E-state index in [1.54, 1.807) is 24.5 Å². The van der Waals surface area contributed by atoms with Crippen LogP contribution in [-0.2, 0) is 6.54 Å². The largest absolute Gasteiger partial charge is 0.455 e. The fourth-order valence-corrected chi connectivity index (χ4v) is 1.54. The molecular formula is C12H10N4O2. The van der Waals surface area contributed by atoms with Crippen molar-refractivity contribution in [3.63, 3.8) is 0 Å². The van der Waals surface area contributed by atoms with Gasteiger partial charge in [-0.05, 0) is 24.3 Å². The molecule has 2 N–H and O–H groups in total. The van der Waals surface area contributed by atoms with Gasteiger partial charge in [0.2, 0.25) is 5.82 Å². The maximum atomic E-state index is 5.47. The highest BCUT2D eigenvalue weighted by molar-refractivity contribution is 5.56. The molecule has 0 saturated carbocycles. The van der Waals surface area contributed by atoms with E-state index in [4.69, 9.17) is 14.7 Å². The fourth-order valence-electron chi connectivity index (χ4n) is 1.54. The second-order valence-electron chi connectivity index (χ2n) is 3.63. The van der Waals surface area contributed by atoms with Gasteiger partial charge in [0.15, 0.2) is 5.76 Å². The molecule has 0 amide bonds. The van der Waals surface area contributed by atoms with Crippen molar-refractivity contribution in [3.05, 3.63) is 42.4 Å². The minimum atomic E-state index is 0.335. The molecule has 0 fully saturated rings. The lowest BCUT2D eigenvalue weighted by molar-refractivity contribution is 0.412. The van der Waals surface area contributed by atoms with Gasteiger partial charge in [0, 0.05) is 18.0 Å². The molecule has 18 heavy (non-hydrogen) atoms. The van der Waals surface area contributed by atoms with Crippen molar-refractivity contribution >= 4 is 0 Å². The van der Waals surface area contributed by atoms with E-state index in [-0.39, 0.29) is 0 Å². The number of nitrogens with zero attached hydrogens (tertiary/aromatic N) is 3. The first-order valence-electron chi connectivity index (χ1n) is 5.40. The number of furan rings is 1. The van der Waals surface area contributed by atoms with Gasteiger partial charge in [-0.25, -0.2) is 0 Å². The van der Waals surface area contributed by atoms with Gasteiger partial charge in [-0.2, -0.15) is 4.98 Å². The van der Waals surface area contributed by atoms with Crippen molar-refractivity contribution in [3.8, 4) is 23.0 Å². The normalized spacial score (nSPS) is 10.7. The summed E-state index contributed by atoms with van der Waals surface area (Å²) in [5.74, 6) is 2.02. The van der Waals surface area contributed by atoms with Crippen molar-refractivity contribution in [2.75, 3.05) is 0 Å². The van der Waals surface area contributed by atoms with Crippen molar-refractivity contribution < 1.29 is 8.94 Å². The first-order chi connectivity index (χ1) is 8.86. The van der Waals surface area contributed by atoms with Crippen LogP contribution in [-0.4, -0.2) is 15.1 Å². The van der Waals surface area contributed by atoms with Gasteiger partial charge in [-0.1, -0.05) is 5.16 Å². The van der Waals surface area contributed by atoms with Crippen molar-refractivity contribution in [2.45, 2.75) is 6.54 Å². The van der Waals surface area contributed by atoms with Gasteiger partial charge in [0.05, 0.1) is 6.54 Å². The molecule has 3 heterocycles. The van der Waals surface area contributed by atoms with Crippen LogP contribution in [0.4, 0.5) is 0 Å².